The molecule has 1 unspecified atom stereocenters. The fraction of sp³-hybridized carbons (Fsp3) is 0.647. The molecule has 0 bridgehead atoms. The minimum Gasteiger partial charge on any atom is -0.497 e. The smallest absolute Gasteiger partial charge is 0.118 e. The van der Waals surface area contributed by atoms with E-state index in [0.717, 1.165) is 12.3 Å². The molecule has 110 valence electrons. The first-order valence-electron chi connectivity index (χ1n) is 7.83. The zero-order valence-corrected chi connectivity index (χ0v) is 12.5. The summed E-state index contributed by atoms with van der Waals surface area (Å²) in [7, 11) is 1.71. The first-order valence-corrected chi connectivity index (χ1v) is 7.83. The Morgan fingerprint density at radius 1 is 1.20 bits per heavy atom. The van der Waals surface area contributed by atoms with Crippen LogP contribution in [-0.4, -0.2) is 31.1 Å². The van der Waals surface area contributed by atoms with Gasteiger partial charge in [0.25, 0.3) is 0 Å². The van der Waals surface area contributed by atoms with E-state index in [1.807, 2.05) is 12.1 Å². The highest BCUT2D eigenvalue weighted by molar-refractivity contribution is 5.27. The van der Waals surface area contributed by atoms with Gasteiger partial charge in [0.2, 0.25) is 0 Å². The zero-order valence-electron chi connectivity index (χ0n) is 12.5. The maximum Gasteiger partial charge on any atom is 0.118 e. The molecule has 0 aromatic heterocycles. The SMILES string of the molecule is COc1ccc(CN2CCC3(CCCC3N)CC2)cc1. The number of benzene rings is 1. The summed E-state index contributed by atoms with van der Waals surface area (Å²) in [6.45, 7) is 3.44. The van der Waals surface area contributed by atoms with Gasteiger partial charge in [-0.1, -0.05) is 18.6 Å². The third kappa shape index (κ3) is 2.70. The Hall–Kier alpha value is -1.06. The summed E-state index contributed by atoms with van der Waals surface area (Å²) in [5, 5.41) is 0. The van der Waals surface area contributed by atoms with Gasteiger partial charge in [-0.15, -0.1) is 0 Å². The van der Waals surface area contributed by atoms with E-state index in [0.29, 0.717) is 11.5 Å². The highest BCUT2D eigenvalue weighted by Gasteiger charge is 2.42. The Morgan fingerprint density at radius 3 is 2.45 bits per heavy atom. The topological polar surface area (TPSA) is 38.5 Å². The Bertz CT molecular complexity index is 435. The lowest BCUT2D eigenvalue weighted by Gasteiger charge is -2.42. The summed E-state index contributed by atoms with van der Waals surface area (Å²) in [6.07, 6.45) is 6.48. The fourth-order valence-corrected chi connectivity index (χ4v) is 3.93. The van der Waals surface area contributed by atoms with Crippen LogP contribution in [0.2, 0.25) is 0 Å². The molecule has 1 atom stereocenters. The maximum atomic E-state index is 6.34. The minimum atomic E-state index is 0.450. The standard InChI is InChI=1S/C17H26N2O/c1-20-15-6-4-14(5-7-15)13-19-11-9-17(10-12-19)8-2-3-16(17)18/h4-7,16H,2-3,8-13,18H2,1H3. The normalized spacial score (nSPS) is 26.0. The molecular weight excluding hydrogens is 248 g/mol. The van der Waals surface area contributed by atoms with E-state index >= 15 is 0 Å². The summed E-state index contributed by atoms with van der Waals surface area (Å²) in [5.74, 6) is 0.934. The van der Waals surface area contributed by atoms with Crippen molar-refractivity contribution in [3.05, 3.63) is 29.8 Å². The second-order valence-corrected chi connectivity index (χ2v) is 6.49. The first kappa shape index (κ1) is 13.9. The molecular formula is C17H26N2O. The molecule has 2 fully saturated rings. The van der Waals surface area contributed by atoms with Crippen LogP contribution in [0.4, 0.5) is 0 Å². The summed E-state index contributed by atoms with van der Waals surface area (Å²) < 4.78 is 5.21. The van der Waals surface area contributed by atoms with Gasteiger partial charge in [-0.05, 0) is 61.9 Å². The van der Waals surface area contributed by atoms with Gasteiger partial charge in [-0.25, -0.2) is 0 Å². The lowest BCUT2D eigenvalue weighted by molar-refractivity contribution is 0.0905. The van der Waals surface area contributed by atoms with E-state index in [-0.39, 0.29) is 0 Å². The van der Waals surface area contributed by atoms with Gasteiger partial charge in [0, 0.05) is 12.6 Å². The van der Waals surface area contributed by atoms with Crippen molar-refractivity contribution in [3.8, 4) is 5.75 Å². The molecule has 3 nitrogen and oxygen atoms in total. The van der Waals surface area contributed by atoms with Crippen molar-refractivity contribution in [2.45, 2.75) is 44.7 Å². The molecule has 3 heteroatoms. The second-order valence-electron chi connectivity index (χ2n) is 6.49. The lowest BCUT2D eigenvalue weighted by Crippen LogP contribution is -2.46. The van der Waals surface area contributed by atoms with Crippen molar-refractivity contribution in [3.63, 3.8) is 0 Å². The quantitative estimate of drug-likeness (QED) is 0.921. The zero-order chi connectivity index (χ0) is 14.0. The molecule has 20 heavy (non-hydrogen) atoms. The number of rotatable bonds is 3. The third-order valence-electron chi connectivity index (χ3n) is 5.39. The van der Waals surface area contributed by atoms with Crippen LogP contribution in [0.15, 0.2) is 24.3 Å². The summed E-state index contributed by atoms with van der Waals surface area (Å²) in [5.41, 5.74) is 8.18. The number of hydrogen-bond donors (Lipinski definition) is 1. The van der Waals surface area contributed by atoms with Crippen molar-refractivity contribution in [2.75, 3.05) is 20.2 Å². The molecule has 1 aromatic carbocycles. The molecule has 1 heterocycles. The highest BCUT2D eigenvalue weighted by atomic mass is 16.5. The Kier molecular flexibility index (Phi) is 3.99. The van der Waals surface area contributed by atoms with E-state index in [1.165, 1.54) is 50.8 Å². The second kappa shape index (κ2) is 5.74. The molecule has 1 spiro atoms. The Balaban J connectivity index is 1.55. The summed E-state index contributed by atoms with van der Waals surface area (Å²) in [6, 6.07) is 8.89. The van der Waals surface area contributed by atoms with Gasteiger partial charge >= 0.3 is 0 Å². The fourth-order valence-electron chi connectivity index (χ4n) is 3.93. The van der Waals surface area contributed by atoms with Crippen LogP contribution in [0.1, 0.15) is 37.7 Å². The molecule has 3 rings (SSSR count). The van der Waals surface area contributed by atoms with Crippen LogP contribution < -0.4 is 10.5 Å². The molecule has 1 aromatic rings. The largest absolute Gasteiger partial charge is 0.497 e. The van der Waals surface area contributed by atoms with E-state index in [4.69, 9.17) is 10.5 Å². The van der Waals surface area contributed by atoms with Gasteiger partial charge < -0.3 is 10.5 Å². The first-order chi connectivity index (χ1) is 9.72. The number of nitrogens with two attached hydrogens (primary N) is 1. The van der Waals surface area contributed by atoms with Gasteiger partial charge in [0.05, 0.1) is 7.11 Å². The average Bonchev–Trinajstić information content (AvgIpc) is 2.83. The van der Waals surface area contributed by atoms with Crippen molar-refractivity contribution in [1.29, 1.82) is 0 Å². The maximum absolute atomic E-state index is 6.34. The van der Waals surface area contributed by atoms with Gasteiger partial charge in [0.15, 0.2) is 0 Å². The molecule has 1 aliphatic carbocycles. The molecule has 2 N–H and O–H groups in total. The van der Waals surface area contributed by atoms with Crippen LogP contribution in [-0.2, 0) is 6.54 Å². The number of methoxy groups -OCH3 is 1. The Morgan fingerprint density at radius 2 is 1.90 bits per heavy atom. The molecule has 0 amide bonds. The number of piperidine rings is 1. The number of ether oxygens (including phenoxy) is 1. The molecule has 0 radical (unpaired) electrons. The third-order valence-corrected chi connectivity index (χ3v) is 5.39. The predicted molar refractivity (Wildman–Crippen MR) is 81.8 cm³/mol. The van der Waals surface area contributed by atoms with Gasteiger partial charge in [-0.3, -0.25) is 4.90 Å². The van der Waals surface area contributed by atoms with Crippen LogP contribution in [0.5, 0.6) is 5.75 Å². The minimum absolute atomic E-state index is 0.450. The summed E-state index contributed by atoms with van der Waals surface area (Å²) in [4.78, 5) is 2.57. The van der Waals surface area contributed by atoms with E-state index in [1.54, 1.807) is 7.11 Å². The Labute approximate surface area is 122 Å². The highest BCUT2D eigenvalue weighted by Crippen LogP contribution is 2.45. The molecule has 2 aliphatic rings. The van der Waals surface area contributed by atoms with Crippen molar-refractivity contribution in [2.24, 2.45) is 11.1 Å². The number of hydrogen-bond acceptors (Lipinski definition) is 3. The molecule has 1 saturated heterocycles. The van der Waals surface area contributed by atoms with E-state index in [9.17, 15) is 0 Å². The van der Waals surface area contributed by atoms with Gasteiger partial charge in [0.1, 0.15) is 5.75 Å². The van der Waals surface area contributed by atoms with Crippen LogP contribution >= 0.6 is 0 Å². The van der Waals surface area contributed by atoms with E-state index < -0.39 is 0 Å². The number of likely N-dealkylation sites (tertiary alicyclic amines) is 1. The van der Waals surface area contributed by atoms with Crippen LogP contribution in [0, 0.1) is 5.41 Å². The van der Waals surface area contributed by atoms with Crippen LogP contribution in [0.25, 0.3) is 0 Å². The molecule has 1 aliphatic heterocycles. The van der Waals surface area contributed by atoms with Gasteiger partial charge in [-0.2, -0.15) is 0 Å². The average molecular weight is 274 g/mol. The van der Waals surface area contributed by atoms with Crippen LogP contribution in [0.3, 0.4) is 0 Å². The monoisotopic (exact) mass is 274 g/mol. The van der Waals surface area contributed by atoms with E-state index in [2.05, 4.69) is 17.0 Å². The van der Waals surface area contributed by atoms with Crippen molar-refractivity contribution in [1.82, 2.24) is 4.90 Å². The summed E-state index contributed by atoms with van der Waals surface area (Å²) >= 11 is 0. The predicted octanol–water partition coefficient (Wildman–Crippen LogP) is 2.79. The van der Waals surface area contributed by atoms with Crippen molar-refractivity contribution >= 4 is 0 Å². The molecule has 1 saturated carbocycles. The number of nitrogens with zero attached hydrogens (tertiary/aromatic N) is 1. The van der Waals surface area contributed by atoms with Crippen molar-refractivity contribution < 1.29 is 4.74 Å². The lowest BCUT2D eigenvalue weighted by atomic mass is 9.74.